The van der Waals surface area contributed by atoms with Gasteiger partial charge in [-0.15, -0.1) is 11.3 Å². The molecule has 124 valence electrons. The lowest BCUT2D eigenvalue weighted by Gasteiger charge is -2.12. The smallest absolute Gasteiger partial charge is 0.0463 e. The van der Waals surface area contributed by atoms with Crippen molar-refractivity contribution in [3.8, 4) is 11.1 Å². The predicted molar refractivity (Wildman–Crippen MR) is 114 cm³/mol. The first-order valence-corrected chi connectivity index (χ1v) is 9.53. The number of rotatable bonds is 3. The number of benzene rings is 4. The molecule has 1 aromatic heterocycles. The second-order valence-electron chi connectivity index (χ2n) is 6.35. The summed E-state index contributed by atoms with van der Waals surface area (Å²) in [5, 5.41) is 6.22. The first-order valence-electron chi connectivity index (χ1n) is 8.71. The Morgan fingerprint density at radius 1 is 0.577 bits per heavy atom. The highest BCUT2D eigenvalue weighted by Gasteiger charge is 2.09. The second-order valence-corrected chi connectivity index (χ2v) is 7.43. The zero-order valence-corrected chi connectivity index (χ0v) is 15.0. The summed E-state index contributed by atoms with van der Waals surface area (Å²) in [5.41, 5.74) is 4.67. The Labute approximate surface area is 156 Å². The van der Waals surface area contributed by atoms with Crippen LogP contribution in [0.5, 0.6) is 0 Å². The van der Waals surface area contributed by atoms with Gasteiger partial charge < -0.3 is 5.32 Å². The van der Waals surface area contributed by atoms with Crippen molar-refractivity contribution in [3.05, 3.63) is 97.1 Å². The highest BCUT2D eigenvalue weighted by atomic mass is 32.1. The van der Waals surface area contributed by atoms with Crippen molar-refractivity contribution in [2.24, 2.45) is 0 Å². The van der Waals surface area contributed by atoms with Gasteiger partial charge in [0.25, 0.3) is 0 Å². The van der Waals surface area contributed by atoms with Gasteiger partial charge in [0, 0.05) is 37.1 Å². The number of fused-ring (bicyclic) bond motifs is 3. The molecular weight excluding hydrogens is 334 g/mol. The topological polar surface area (TPSA) is 12.0 Å². The number of hydrogen-bond acceptors (Lipinski definition) is 2. The summed E-state index contributed by atoms with van der Waals surface area (Å²) in [6.45, 7) is 0. The lowest BCUT2D eigenvalue weighted by atomic mass is 10.0. The monoisotopic (exact) mass is 351 g/mol. The van der Waals surface area contributed by atoms with Crippen LogP contribution < -0.4 is 5.32 Å². The Balaban J connectivity index is 1.65. The van der Waals surface area contributed by atoms with E-state index < -0.39 is 0 Å². The second kappa shape index (κ2) is 6.32. The lowest BCUT2D eigenvalue weighted by Crippen LogP contribution is -1.92. The van der Waals surface area contributed by atoms with Crippen molar-refractivity contribution in [2.75, 3.05) is 5.32 Å². The normalized spacial score (nSPS) is 11.1. The van der Waals surface area contributed by atoms with Crippen molar-refractivity contribution >= 4 is 42.9 Å². The molecule has 5 aromatic rings. The van der Waals surface area contributed by atoms with Gasteiger partial charge in [0.1, 0.15) is 0 Å². The van der Waals surface area contributed by atoms with E-state index >= 15 is 0 Å². The molecule has 0 radical (unpaired) electrons. The van der Waals surface area contributed by atoms with Crippen molar-refractivity contribution in [1.29, 1.82) is 0 Å². The largest absolute Gasteiger partial charge is 0.355 e. The Bertz CT molecular complexity index is 1200. The number of para-hydroxylation sites is 2. The maximum absolute atomic E-state index is 3.55. The van der Waals surface area contributed by atoms with Gasteiger partial charge in [-0.2, -0.15) is 0 Å². The van der Waals surface area contributed by atoms with Gasteiger partial charge in [-0.3, -0.25) is 0 Å². The summed E-state index contributed by atoms with van der Waals surface area (Å²) in [6, 6.07) is 34.2. The minimum Gasteiger partial charge on any atom is -0.355 e. The minimum atomic E-state index is 1.10. The molecule has 0 fully saturated rings. The Morgan fingerprint density at radius 3 is 2.23 bits per heavy atom. The Kier molecular flexibility index (Phi) is 3.69. The fourth-order valence-electron chi connectivity index (χ4n) is 3.41. The number of hydrogen-bond donors (Lipinski definition) is 1. The summed E-state index contributed by atoms with van der Waals surface area (Å²) in [6.07, 6.45) is 0. The van der Waals surface area contributed by atoms with Gasteiger partial charge in [0.05, 0.1) is 0 Å². The SMILES string of the molecule is c1ccc(Nc2ccccc2-c2ccc3sc4ccccc4c3c2)cc1. The maximum atomic E-state index is 3.55. The fourth-order valence-corrected chi connectivity index (χ4v) is 4.50. The molecule has 1 heterocycles. The van der Waals surface area contributed by atoms with E-state index in [4.69, 9.17) is 0 Å². The van der Waals surface area contributed by atoms with Gasteiger partial charge in [-0.05, 0) is 42.0 Å². The van der Waals surface area contributed by atoms with Crippen LogP contribution in [0.15, 0.2) is 97.1 Å². The standard InChI is InChI=1S/C24H17NS/c1-2-8-18(9-3-1)25-22-12-6-4-10-19(22)17-14-15-24-21(16-17)20-11-5-7-13-23(20)26-24/h1-16,25H. The molecule has 0 bridgehead atoms. The molecule has 5 rings (SSSR count). The third kappa shape index (κ3) is 2.65. The van der Waals surface area contributed by atoms with E-state index in [0.717, 1.165) is 11.4 Å². The van der Waals surface area contributed by atoms with E-state index in [-0.39, 0.29) is 0 Å². The summed E-state index contributed by atoms with van der Waals surface area (Å²) in [4.78, 5) is 0. The molecule has 1 N–H and O–H groups in total. The minimum absolute atomic E-state index is 1.10. The van der Waals surface area contributed by atoms with Crippen LogP contribution in [-0.4, -0.2) is 0 Å². The average molecular weight is 351 g/mol. The first-order chi connectivity index (χ1) is 12.9. The van der Waals surface area contributed by atoms with E-state index in [1.54, 1.807) is 0 Å². The molecule has 0 aliphatic carbocycles. The van der Waals surface area contributed by atoms with Gasteiger partial charge in [-0.1, -0.05) is 60.7 Å². The zero-order valence-electron chi connectivity index (χ0n) is 14.1. The summed E-state index contributed by atoms with van der Waals surface area (Å²) in [5.74, 6) is 0. The molecule has 4 aromatic carbocycles. The first kappa shape index (κ1) is 15.2. The molecule has 0 amide bonds. The molecule has 0 saturated heterocycles. The van der Waals surface area contributed by atoms with Crippen LogP contribution in [0.1, 0.15) is 0 Å². The third-order valence-corrected chi connectivity index (χ3v) is 5.82. The molecular formula is C24H17NS. The van der Waals surface area contributed by atoms with Crippen LogP contribution in [-0.2, 0) is 0 Å². The van der Waals surface area contributed by atoms with Crippen LogP contribution >= 0.6 is 11.3 Å². The third-order valence-electron chi connectivity index (χ3n) is 4.67. The quantitative estimate of drug-likeness (QED) is 0.355. The molecule has 26 heavy (non-hydrogen) atoms. The number of thiophene rings is 1. The molecule has 0 aliphatic rings. The molecule has 0 atom stereocenters. The molecule has 0 saturated carbocycles. The van der Waals surface area contributed by atoms with Crippen LogP contribution in [0.4, 0.5) is 11.4 Å². The van der Waals surface area contributed by atoms with Crippen molar-refractivity contribution < 1.29 is 0 Å². The van der Waals surface area contributed by atoms with Crippen LogP contribution in [0, 0.1) is 0 Å². The van der Waals surface area contributed by atoms with Gasteiger partial charge in [0.2, 0.25) is 0 Å². The van der Waals surface area contributed by atoms with E-state index in [2.05, 4.69) is 96.3 Å². The summed E-state index contributed by atoms with van der Waals surface area (Å²) >= 11 is 1.86. The lowest BCUT2D eigenvalue weighted by molar-refractivity contribution is 1.54. The number of nitrogens with one attached hydrogen (secondary N) is 1. The number of anilines is 2. The van der Waals surface area contributed by atoms with Crippen molar-refractivity contribution in [3.63, 3.8) is 0 Å². The Hall–Kier alpha value is -3.10. The molecule has 0 aliphatic heterocycles. The van der Waals surface area contributed by atoms with Crippen LogP contribution in [0.2, 0.25) is 0 Å². The Morgan fingerprint density at radius 2 is 1.31 bits per heavy atom. The maximum Gasteiger partial charge on any atom is 0.0463 e. The van der Waals surface area contributed by atoms with Crippen LogP contribution in [0.3, 0.4) is 0 Å². The molecule has 0 spiro atoms. The zero-order chi connectivity index (χ0) is 17.3. The van der Waals surface area contributed by atoms with E-state index in [1.807, 2.05) is 17.4 Å². The van der Waals surface area contributed by atoms with E-state index in [9.17, 15) is 0 Å². The van der Waals surface area contributed by atoms with Crippen LogP contribution in [0.25, 0.3) is 31.3 Å². The van der Waals surface area contributed by atoms with E-state index in [1.165, 1.54) is 31.3 Å². The highest BCUT2D eigenvalue weighted by molar-refractivity contribution is 7.25. The molecule has 1 nitrogen and oxygen atoms in total. The summed E-state index contributed by atoms with van der Waals surface area (Å²) < 4.78 is 2.68. The van der Waals surface area contributed by atoms with Crippen molar-refractivity contribution in [1.82, 2.24) is 0 Å². The highest BCUT2D eigenvalue weighted by Crippen LogP contribution is 2.38. The predicted octanol–water partition coefficient (Wildman–Crippen LogP) is 7.47. The van der Waals surface area contributed by atoms with Gasteiger partial charge >= 0.3 is 0 Å². The van der Waals surface area contributed by atoms with Gasteiger partial charge in [0.15, 0.2) is 0 Å². The average Bonchev–Trinajstić information content (AvgIpc) is 3.07. The summed E-state index contributed by atoms with van der Waals surface area (Å²) in [7, 11) is 0. The molecule has 2 heteroatoms. The van der Waals surface area contributed by atoms with Gasteiger partial charge in [-0.25, -0.2) is 0 Å². The van der Waals surface area contributed by atoms with Crippen molar-refractivity contribution in [2.45, 2.75) is 0 Å². The fraction of sp³-hybridized carbons (Fsp3) is 0. The van der Waals surface area contributed by atoms with E-state index in [0.29, 0.717) is 0 Å². The molecule has 0 unspecified atom stereocenters.